The summed E-state index contributed by atoms with van der Waals surface area (Å²) in [5, 5.41) is 5.71. The van der Waals surface area contributed by atoms with Crippen molar-refractivity contribution in [3.63, 3.8) is 0 Å². The molecular formula is C24H32N4O2. The number of carbonyl (C=O) groups is 2. The lowest BCUT2D eigenvalue weighted by atomic mass is 10.0. The van der Waals surface area contributed by atoms with E-state index in [1.807, 2.05) is 60.4 Å². The summed E-state index contributed by atoms with van der Waals surface area (Å²) in [6, 6.07) is 15.3. The first-order valence-electron chi connectivity index (χ1n) is 10.8. The molecule has 1 heterocycles. The molecule has 6 heteroatoms. The second kappa shape index (κ2) is 10.1. The molecule has 1 aliphatic rings. The number of amides is 3. The lowest BCUT2D eigenvalue weighted by molar-refractivity contribution is -0.136. The molecule has 30 heavy (non-hydrogen) atoms. The molecular weight excluding hydrogens is 376 g/mol. The molecule has 0 spiro atoms. The van der Waals surface area contributed by atoms with Crippen LogP contribution in [0.1, 0.15) is 32.3 Å². The maximum Gasteiger partial charge on any atom is 0.323 e. The Morgan fingerprint density at radius 2 is 1.53 bits per heavy atom. The molecule has 0 radical (unpaired) electrons. The number of hydrogen-bond donors (Lipinski definition) is 2. The number of benzene rings is 2. The van der Waals surface area contributed by atoms with Crippen LogP contribution in [0.25, 0.3) is 0 Å². The van der Waals surface area contributed by atoms with Gasteiger partial charge in [-0.3, -0.25) is 4.79 Å². The molecule has 1 aliphatic heterocycles. The third-order valence-electron chi connectivity index (χ3n) is 5.69. The van der Waals surface area contributed by atoms with Crippen molar-refractivity contribution in [3.8, 4) is 0 Å². The molecule has 0 saturated carbocycles. The van der Waals surface area contributed by atoms with Gasteiger partial charge in [0.2, 0.25) is 5.91 Å². The number of carbonyl (C=O) groups excluding carboxylic acids is 2. The molecule has 0 aliphatic carbocycles. The number of anilines is 3. The predicted octanol–water partition coefficient (Wildman–Crippen LogP) is 4.72. The molecule has 0 unspecified atom stereocenters. The summed E-state index contributed by atoms with van der Waals surface area (Å²) in [6.07, 6.45) is 1.81. The maximum absolute atomic E-state index is 12.6. The van der Waals surface area contributed by atoms with Gasteiger partial charge in [0.15, 0.2) is 0 Å². The zero-order valence-corrected chi connectivity index (χ0v) is 18.1. The first-order chi connectivity index (χ1) is 14.5. The zero-order valence-electron chi connectivity index (χ0n) is 18.1. The van der Waals surface area contributed by atoms with E-state index in [4.69, 9.17) is 0 Å². The Bertz CT molecular complexity index is 854. The van der Waals surface area contributed by atoms with E-state index in [0.29, 0.717) is 5.91 Å². The number of aryl methyl sites for hydroxylation is 1. The van der Waals surface area contributed by atoms with Crippen LogP contribution in [-0.4, -0.2) is 43.0 Å². The molecule has 2 N–H and O–H groups in total. The highest BCUT2D eigenvalue weighted by molar-refractivity contribution is 5.99. The smallest absolute Gasteiger partial charge is 0.323 e. The Morgan fingerprint density at radius 3 is 2.13 bits per heavy atom. The van der Waals surface area contributed by atoms with Gasteiger partial charge in [-0.25, -0.2) is 4.79 Å². The first kappa shape index (κ1) is 21.7. The molecule has 0 atom stereocenters. The van der Waals surface area contributed by atoms with Crippen molar-refractivity contribution in [2.45, 2.75) is 33.6 Å². The van der Waals surface area contributed by atoms with Crippen molar-refractivity contribution >= 4 is 29.0 Å². The predicted molar refractivity (Wildman–Crippen MR) is 123 cm³/mol. The van der Waals surface area contributed by atoms with Crippen molar-refractivity contribution in [1.82, 2.24) is 4.90 Å². The third kappa shape index (κ3) is 5.53. The lowest BCUT2D eigenvalue weighted by Crippen LogP contribution is -2.50. The van der Waals surface area contributed by atoms with Crippen LogP contribution in [0.4, 0.5) is 21.9 Å². The quantitative estimate of drug-likeness (QED) is 0.727. The second-order valence-corrected chi connectivity index (χ2v) is 7.82. The summed E-state index contributed by atoms with van der Waals surface area (Å²) in [4.78, 5) is 29.1. The zero-order chi connectivity index (χ0) is 21.5. The Labute approximate surface area is 179 Å². The summed E-state index contributed by atoms with van der Waals surface area (Å²) in [5.41, 5.74) is 3.71. The molecule has 2 aromatic rings. The number of piperazine rings is 1. The van der Waals surface area contributed by atoms with Crippen LogP contribution in [0.15, 0.2) is 48.5 Å². The minimum Gasteiger partial charge on any atom is -0.368 e. The van der Waals surface area contributed by atoms with Gasteiger partial charge in [0.1, 0.15) is 0 Å². The molecule has 3 amide bonds. The van der Waals surface area contributed by atoms with Crippen molar-refractivity contribution in [2.24, 2.45) is 5.92 Å². The number of urea groups is 1. The van der Waals surface area contributed by atoms with Crippen LogP contribution in [0.5, 0.6) is 0 Å². The van der Waals surface area contributed by atoms with Gasteiger partial charge < -0.3 is 20.4 Å². The molecule has 1 saturated heterocycles. The SMILES string of the molecule is CCC(CC)C(=O)N1CCN(c2ccc(NC(=O)Nc3cccc(C)c3)cc2)CC1. The van der Waals surface area contributed by atoms with E-state index in [2.05, 4.69) is 29.4 Å². The fraction of sp³-hybridized carbons (Fsp3) is 0.417. The highest BCUT2D eigenvalue weighted by Crippen LogP contribution is 2.21. The third-order valence-corrected chi connectivity index (χ3v) is 5.69. The molecule has 6 nitrogen and oxygen atoms in total. The lowest BCUT2D eigenvalue weighted by Gasteiger charge is -2.37. The van der Waals surface area contributed by atoms with Gasteiger partial charge in [-0.1, -0.05) is 26.0 Å². The summed E-state index contributed by atoms with van der Waals surface area (Å²) in [5.74, 6) is 0.437. The normalized spacial score (nSPS) is 14.0. The van der Waals surface area contributed by atoms with Gasteiger partial charge in [-0.15, -0.1) is 0 Å². The van der Waals surface area contributed by atoms with Crippen LogP contribution in [0, 0.1) is 12.8 Å². The highest BCUT2D eigenvalue weighted by atomic mass is 16.2. The van der Waals surface area contributed by atoms with E-state index >= 15 is 0 Å². The van der Waals surface area contributed by atoms with E-state index in [1.54, 1.807) is 0 Å². The highest BCUT2D eigenvalue weighted by Gasteiger charge is 2.25. The summed E-state index contributed by atoms with van der Waals surface area (Å²) in [7, 11) is 0. The maximum atomic E-state index is 12.6. The Kier molecular flexibility index (Phi) is 7.33. The van der Waals surface area contributed by atoms with Crippen molar-refractivity contribution in [2.75, 3.05) is 41.7 Å². The van der Waals surface area contributed by atoms with E-state index in [1.165, 1.54) is 0 Å². The number of rotatable bonds is 6. The standard InChI is InChI=1S/C24H32N4O2/c1-4-19(5-2)23(29)28-15-13-27(14-16-28)22-11-9-20(10-12-22)25-24(30)26-21-8-6-7-18(3)17-21/h6-12,17,19H,4-5,13-16H2,1-3H3,(H2,25,26,30). The number of nitrogens with zero attached hydrogens (tertiary/aromatic N) is 2. The Hall–Kier alpha value is -3.02. The average Bonchev–Trinajstić information content (AvgIpc) is 2.75. The largest absolute Gasteiger partial charge is 0.368 e. The van der Waals surface area contributed by atoms with E-state index in [0.717, 1.165) is 61.6 Å². The minimum atomic E-state index is -0.262. The van der Waals surface area contributed by atoms with Crippen LogP contribution < -0.4 is 15.5 Å². The van der Waals surface area contributed by atoms with Crippen molar-refractivity contribution in [3.05, 3.63) is 54.1 Å². The van der Waals surface area contributed by atoms with Gasteiger partial charge in [-0.2, -0.15) is 0 Å². The molecule has 3 rings (SSSR count). The van der Waals surface area contributed by atoms with E-state index in [-0.39, 0.29) is 11.9 Å². The fourth-order valence-electron chi connectivity index (χ4n) is 3.85. The van der Waals surface area contributed by atoms with Gasteiger partial charge in [0.25, 0.3) is 0 Å². The number of nitrogens with one attached hydrogen (secondary N) is 2. The van der Waals surface area contributed by atoms with E-state index in [9.17, 15) is 9.59 Å². The first-order valence-corrected chi connectivity index (χ1v) is 10.8. The monoisotopic (exact) mass is 408 g/mol. The average molecular weight is 409 g/mol. The van der Waals surface area contributed by atoms with Gasteiger partial charge in [-0.05, 0) is 61.7 Å². The van der Waals surface area contributed by atoms with Gasteiger partial charge in [0.05, 0.1) is 0 Å². The number of hydrogen-bond acceptors (Lipinski definition) is 3. The van der Waals surface area contributed by atoms with Crippen molar-refractivity contribution in [1.29, 1.82) is 0 Å². The Morgan fingerprint density at radius 1 is 0.900 bits per heavy atom. The van der Waals surface area contributed by atoms with E-state index < -0.39 is 0 Å². The van der Waals surface area contributed by atoms with Crippen LogP contribution in [-0.2, 0) is 4.79 Å². The summed E-state index contributed by atoms with van der Waals surface area (Å²) < 4.78 is 0. The second-order valence-electron chi connectivity index (χ2n) is 7.82. The topological polar surface area (TPSA) is 64.7 Å². The van der Waals surface area contributed by atoms with Crippen LogP contribution in [0.3, 0.4) is 0 Å². The summed E-state index contributed by atoms with van der Waals surface area (Å²) in [6.45, 7) is 9.32. The van der Waals surface area contributed by atoms with Crippen LogP contribution in [0.2, 0.25) is 0 Å². The van der Waals surface area contributed by atoms with Crippen molar-refractivity contribution < 1.29 is 9.59 Å². The molecule has 1 fully saturated rings. The van der Waals surface area contributed by atoms with Gasteiger partial charge in [0, 0.05) is 49.2 Å². The Balaban J connectivity index is 1.51. The summed E-state index contributed by atoms with van der Waals surface area (Å²) >= 11 is 0. The van der Waals surface area contributed by atoms with Gasteiger partial charge >= 0.3 is 6.03 Å². The molecule has 160 valence electrons. The molecule has 0 bridgehead atoms. The minimum absolute atomic E-state index is 0.146. The molecule has 0 aromatic heterocycles. The van der Waals surface area contributed by atoms with Crippen LogP contribution >= 0.6 is 0 Å². The fourth-order valence-corrected chi connectivity index (χ4v) is 3.85. The molecule has 2 aromatic carbocycles.